The maximum absolute atomic E-state index is 2.51. The van der Waals surface area contributed by atoms with Crippen LogP contribution in [0.25, 0.3) is 32.7 Å². The lowest BCUT2D eigenvalue weighted by Crippen LogP contribution is -2.12. The highest BCUT2D eigenvalue weighted by Gasteiger charge is 2.22. The van der Waals surface area contributed by atoms with Gasteiger partial charge in [-0.3, -0.25) is 0 Å². The fraction of sp³-hybridized carbons (Fsp3) is 0.333. The van der Waals surface area contributed by atoms with Gasteiger partial charge in [0.05, 0.1) is 5.69 Å². The second kappa shape index (κ2) is 15.9. The molecular weight excluding hydrogens is 591 g/mol. The van der Waals surface area contributed by atoms with Crippen molar-refractivity contribution in [3.8, 4) is 11.1 Å². The summed E-state index contributed by atoms with van der Waals surface area (Å²) in [6, 6.07) is 46.1. The molecule has 6 aromatic carbocycles. The van der Waals surface area contributed by atoms with E-state index < -0.39 is 0 Å². The first-order valence-corrected chi connectivity index (χ1v) is 18.9. The second-order valence-corrected chi connectivity index (χ2v) is 14.9. The summed E-state index contributed by atoms with van der Waals surface area (Å²) in [5.41, 5.74) is 10.5. The zero-order valence-corrected chi connectivity index (χ0v) is 30.6. The van der Waals surface area contributed by atoms with Crippen molar-refractivity contribution in [3.63, 3.8) is 0 Å². The van der Waals surface area contributed by atoms with Gasteiger partial charge in [0.25, 0.3) is 0 Å². The van der Waals surface area contributed by atoms with Gasteiger partial charge >= 0.3 is 0 Å². The van der Waals surface area contributed by atoms with Crippen LogP contribution in [-0.4, -0.2) is 0 Å². The molecule has 1 nitrogen and oxygen atoms in total. The molecule has 1 heteroatoms. The summed E-state index contributed by atoms with van der Waals surface area (Å²) in [5, 5.41) is 5.10. The van der Waals surface area contributed by atoms with E-state index in [1.54, 1.807) is 0 Å². The predicted molar refractivity (Wildman–Crippen MR) is 216 cm³/mol. The van der Waals surface area contributed by atoms with Crippen molar-refractivity contribution in [1.29, 1.82) is 0 Å². The van der Waals surface area contributed by atoms with E-state index in [1.807, 2.05) is 0 Å². The fourth-order valence-electron chi connectivity index (χ4n) is 7.34. The SMILES string of the molecule is CCCCCCc1ccc(N(c2ccc(CCCCCC)cc2)c2c3ccccc3c(-c3ccc(C(C)(C)C)cc3)c3ccccc23)cc1. The van der Waals surface area contributed by atoms with Gasteiger partial charge in [-0.2, -0.15) is 0 Å². The Labute approximate surface area is 296 Å². The Hall–Kier alpha value is -4.36. The average Bonchev–Trinajstić information content (AvgIpc) is 3.12. The molecule has 0 bridgehead atoms. The van der Waals surface area contributed by atoms with E-state index in [1.165, 1.54) is 118 Å². The number of nitrogens with zero attached hydrogens (tertiary/aromatic N) is 1. The van der Waals surface area contributed by atoms with Gasteiger partial charge in [0.1, 0.15) is 0 Å². The van der Waals surface area contributed by atoms with E-state index in [-0.39, 0.29) is 5.41 Å². The molecule has 0 atom stereocenters. The molecule has 0 aliphatic rings. The van der Waals surface area contributed by atoms with E-state index >= 15 is 0 Å². The Morgan fingerprint density at radius 1 is 0.449 bits per heavy atom. The van der Waals surface area contributed by atoms with Crippen molar-refractivity contribution in [2.75, 3.05) is 4.90 Å². The molecule has 0 saturated carbocycles. The molecule has 0 heterocycles. The molecule has 0 radical (unpaired) electrons. The van der Waals surface area contributed by atoms with Crippen LogP contribution in [0.4, 0.5) is 17.1 Å². The van der Waals surface area contributed by atoms with Gasteiger partial charge in [-0.25, -0.2) is 0 Å². The maximum atomic E-state index is 2.51. The van der Waals surface area contributed by atoms with Gasteiger partial charge in [-0.05, 0) is 94.0 Å². The van der Waals surface area contributed by atoms with Crippen molar-refractivity contribution >= 4 is 38.6 Å². The summed E-state index contributed by atoms with van der Waals surface area (Å²) in [7, 11) is 0. The minimum Gasteiger partial charge on any atom is -0.309 e. The van der Waals surface area contributed by atoms with Crippen LogP contribution < -0.4 is 4.90 Å². The highest BCUT2D eigenvalue weighted by Crippen LogP contribution is 2.48. The Morgan fingerprint density at radius 2 is 0.878 bits per heavy atom. The van der Waals surface area contributed by atoms with Gasteiger partial charge in [-0.1, -0.05) is 170 Å². The summed E-state index contributed by atoms with van der Waals surface area (Å²) in [4.78, 5) is 2.51. The Morgan fingerprint density at radius 3 is 1.29 bits per heavy atom. The maximum Gasteiger partial charge on any atom is 0.0618 e. The van der Waals surface area contributed by atoms with Crippen molar-refractivity contribution < 1.29 is 0 Å². The lowest BCUT2D eigenvalue weighted by Gasteiger charge is -2.30. The number of anilines is 3. The summed E-state index contributed by atoms with van der Waals surface area (Å²) < 4.78 is 0. The Balaban J connectivity index is 1.51. The molecule has 0 aromatic heterocycles. The highest BCUT2D eigenvalue weighted by atomic mass is 15.1. The van der Waals surface area contributed by atoms with Crippen LogP contribution in [0.5, 0.6) is 0 Å². The normalized spacial score (nSPS) is 11.8. The Kier molecular flexibility index (Phi) is 11.2. The third-order valence-corrected chi connectivity index (χ3v) is 10.2. The van der Waals surface area contributed by atoms with Crippen molar-refractivity contribution in [1.82, 2.24) is 0 Å². The van der Waals surface area contributed by atoms with E-state index in [0.717, 1.165) is 12.8 Å². The van der Waals surface area contributed by atoms with Crippen molar-refractivity contribution in [2.24, 2.45) is 0 Å². The largest absolute Gasteiger partial charge is 0.309 e. The van der Waals surface area contributed by atoms with Crippen LogP contribution in [0.2, 0.25) is 0 Å². The molecule has 0 saturated heterocycles. The van der Waals surface area contributed by atoms with Gasteiger partial charge in [0, 0.05) is 22.1 Å². The van der Waals surface area contributed by atoms with Crippen LogP contribution in [0.15, 0.2) is 121 Å². The van der Waals surface area contributed by atoms with Crippen molar-refractivity contribution in [3.05, 3.63) is 138 Å². The smallest absolute Gasteiger partial charge is 0.0618 e. The van der Waals surface area contributed by atoms with Gasteiger partial charge in [-0.15, -0.1) is 0 Å². The molecule has 6 aromatic rings. The summed E-state index contributed by atoms with van der Waals surface area (Å²) >= 11 is 0. The Bertz CT molecular complexity index is 1830. The van der Waals surface area contributed by atoms with Crippen LogP contribution in [0.3, 0.4) is 0 Å². The number of rotatable bonds is 14. The van der Waals surface area contributed by atoms with Crippen LogP contribution >= 0.6 is 0 Å². The second-order valence-electron chi connectivity index (χ2n) is 14.9. The highest BCUT2D eigenvalue weighted by molar-refractivity contribution is 6.22. The first-order chi connectivity index (χ1) is 23.9. The molecule has 49 heavy (non-hydrogen) atoms. The third kappa shape index (κ3) is 7.94. The summed E-state index contributed by atoms with van der Waals surface area (Å²) in [6.07, 6.45) is 12.6. The zero-order chi connectivity index (χ0) is 34.2. The molecule has 252 valence electrons. The number of unbranched alkanes of at least 4 members (excludes halogenated alkanes) is 6. The molecule has 0 aliphatic heterocycles. The summed E-state index contributed by atoms with van der Waals surface area (Å²) in [5.74, 6) is 0. The van der Waals surface area contributed by atoms with Crippen LogP contribution in [-0.2, 0) is 18.3 Å². The molecule has 6 rings (SSSR count). The van der Waals surface area contributed by atoms with E-state index in [0.29, 0.717) is 0 Å². The molecule has 0 fully saturated rings. The number of aryl methyl sites for hydroxylation is 2. The van der Waals surface area contributed by atoms with Gasteiger partial charge in [0.2, 0.25) is 0 Å². The minimum atomic E-state index is 0.114. The number of hydrogen-bond acceptors (Lipinski definition) is 1. The quantitative estimate of drug-likeness (QED) is 0.0841. The lowest BCUT2D eigenvalue weighted by molar-refractivity contribution is 0.590. The first kappa shape index (κ1) is 34.5. The minimum absolute atomic E-state index is 0.114. The molecular formula is C48H55N. The molecule has 0 aliphatic carbocycles. The molecule has 0 N–H and O–H groups in total. The van der Waals surface area contributed by atoms with Crippen LogP contribution in [0.1, 0.15) is 103 Å². The van der Waals surface area contributed by atoms with E-state index in [2.05, 4.69) is 161 Å². The number of benzene rings is 6. The molecule has 0 amide bonds. The molecule has 0 spiro atoms. The van der Waals surface area contributed by atoms with Crippen molar-refractivity contribution in [2.45, 2.75) is 104 Å². The lowest BCUT2D eigenvalue weighted by atomic mass is 9.85. The molecule has 0 unspecified atom stereocenters. The number of fused-ring (bicyclic) bond motifs is 2. The van der Waals surface area contributed by atoms with E-state index in [9.17, 15) is 0 Å². The summed E-state index contributed by atoms with van der Waals surface area (Å²) in [6.45, 7) is 11.4. The van der Waals surface area contributed by atoms with Crippen LogP contribution in [0, 0.1) is 0 Å². The topological polar surface area (TPSA) is 3.24 Å². The van der Waals surface area contributed by atoms with E-state index in [4.69, 9.17) is 0 Å². The first-order valence-electron chi connectivity index (χ1n) is 18.9. The standard InChI is InChI=1S/C48H55N/c1-6-8-10-12-18-36-24-32-40(33-25-36)49(41-34-26-37(27-35-41)19-13-11-9-7-2)47-44-22-16-14-20-42(44)46(43-21-15-17-23-45(43)47)38-28-30-39(31-29-38)48(3,4)5/h14-17,20-35H,6-13,18-19H2,1-5H3. The van der Waals surface area contributed by atoms with Gasteiger partial charge in [0.15, 0.2) is 0 Å². The number of hydrogen-bond donors (Lipinski definition) is 0. The zero-order valence-electron chi connectivity index (χ0n) is 30.6. The third-order valence-electron chi connectivity index (χ3n) is 10.2. The fourth-order valence-corrected chi connectivity index (χ4v) is 7.34. The predicted octanol–water partition coefficient (Wildman–Crippen LogP) is 14.7. The van der Waals surface area contributed by atoms with Gasteiger partial charge < -0.3 is 4.90 Å². The monoisotopic (exact) mass is 645 g/mol. The average molecular weight is 646 g/mol.